The lowest BCUT2D eigenvalue weighted by atomic mass is 10.1. The van der Waals surface area contributed by atoms with Gasteiger partial charge in [0.2, 0.25) is 0 Å². The number of ether oxygens (including phenoxy) is 1. The molecule has 23 heavy (non-hydrogen) atoms. The average Bonchev–Trinajstić information content (AvgIpc) is 2.86. The van der Waals surface area contributed by atoms with Crippen LogP contribution in [0.1, 0.15) is 23.8 Å². The van der Waals surface area contributed by atoms with Gasteiger partial charge < -0.3 is 20.1 Å². The molecule has 2 aromatic rings. The van der Waals surface area contributed by atoms with Gasteiger partial charge in [-0.05, 0) is 30.5 Å². The first-order valence-electron chi connectivity index (χ1n) is 7.06. The van der Waals surface area contributed by atoms with Gasteiger partial charge in [-0.1, -0.05) is 6.92 Å². The van der Waals surface area contributed by atoms with Crippen LogP contribution in [0, 0.1) is 5.92 Å². The predicted octanol–water partition coefficient (Wildman–Crippen LogP) is 2.81. The van der Waals surface area contributed by atoms with Crippen LogP contribution in [-0.4, -0.2) is 35.5 Å². The van der Waals surface area contributed by atoms with E-state index in [-0.39, 0.29) is 29.9 Å². The lowest BCUT2D eigenvalue weighted by molar-refractivity contribution is -0.274. The van der Waals surface area contributed by atoms with Gasteiger partial charge in [0.1, 0.15) is 11.4 Å². The molecule has 5 nitrogen and oxygen atoms in total. The molecule has 1 unspecified atom stereocenters. The monoisotopic (exact) mass is 330 g/mol. The van der Waals surface area contributed by atoms with Crippen LogP contribution in [0.5, 0.6) is 5.75 Å². The van der Waals surface area contributed by atoms with Crippen molar-refractivity contribution >= 4 is 16.8 Å². The van der Waals surface area contributed by atoms with Gasteiger partial charge in [0.15, 0.2) is 0 Å². The molecule has 0 saturated carbocycles. The maximum atomic E-state index is 12.2. The van der Waals surface area contributed by atoms with Crippen LogP contribution in [-0.2, 0) is 0 Å². The zero-order valence-electron chi connectivity index (χ0n) is 12.4. The molecular formula is C15H17F3N2O3. The smallest absolute Gasteiger partial charge is 0.406 e. The first-order chi connectivity index (χ1) is 10.8. The number of amides is 1. The van der Waals surface area contributed by atoms with Crippen molar-refractivity contribution < 1.29 is 27.8 Å². The summed E-state index contributed by atoms with van der Waals surface area (Å²) in [7, 11) is 0. The fraction of sp³-hybridized carbons (Fsp3) is 0.400. The summed E-state index contributed by atoms with van der Waals surface area (Å²) in [5, 5.41) is 12.1. The number of aliphatic hydroxyl groups is 1. The minimum atomic E-state index is -4.76. The van der Waals surface area contributed by atoms with Gasteiger partial charge in [0, 0.05) is 30.1 Å². The van der Waals surface area contributed by atoms with Gasteiger partial charge in [0.25, 0.3) is 5.91 Å². The molecule has 2 rings (SSSR count). The van der Waals surface area contributed by atoms with Crippen LogP contribution in [0.25, 0.3) is 10.9 Å². The van der Waals surface area contributed by atoms with Crippen molar-refractivity contribution in [3.05, 3.63) is 30.0 Å². The molecule has 0 fully saturated rings. The molecule has 0 saturated heterocycles. The number of alkyl halides is 3. The third-order valence-corrected chi connectivity index (χ3v) is 3.31. The molecule has 0 bridgehead atoms. The Kier molecular flexibility index (Phi) is 5.15. The molecule has 126 valence electrons. The minimum absolute atomic E-state index is 0.0470. The Morgan fingerprint density at radius 2 is 2.13 bits per heavy atom. The lowest BCUT2D eigenvalue weighted by Crippen LogP contribution is -2.28. The van der Waals surface area contributed by atoms with E-state index >= 15 is 0 Å². The second-order valence-corrected chi connectivity index (χ2v) is 5.31. The molecule has 0 spiro atoms. The van der Waals surface area contributed by atoms with Crippen molar-refractivity contribution in [1.82, 2.24) is 10.3 Å². The number of rotatable bonds is 6. The lowest BCUT2D eigenvalue weighted by Gasteiger charge is -2.10. The molecule has 0 aliphatic rings. The zero-order valence-corrected chi connectivity index (χ0v) is 12.4. The highest BCUT2D eigenvalue weighted by atomic mass is 19.4. The van der Waals surface area contributed by atoms with E-state index in [1.807, 2.05) is 6.92 Å². The maximum Gasteiger partial charge on any atom is 0.573 e. The summed E-state index contributed by atoms with van der Waals surface area (Å²) in [6.45, 7) is 2.34. The first-order valence-corrected chi connectivity index (χ1v) is 7.06. The number of aromatic nitrogens is 1. The third kappa shape index (κ3) is 4.88. The Hall–Kier alpha value is -2.22. The largest absolute Gasteiger partial charge is 0.573 e. The summed E-state index contributed by atoms with van der Waals surface area (Å²) in [6.07, 6.45) is -4.19. The number of benzene rings is 1. The van der Waals surface area contributed by atoms with Crippen molar-refractivity contribution in [2.45, 2.75) is 19.7 Å². The van der Waals surface area contributed by atoms with Crippen LogP contribution in [0.3, 0.4) is 0 Å². The molecule has 0 aliphatic carbocycles. The summed E-state index contributed by atoms with van der Waals surface area (Å²) in [4.78, 5) is 14.8. The van der Waals surface area contributed by atoms with E-state index < -0.39 is 6.36 Å². The van der Waals surface area contributed by atoms with Gasteiger partial charge in [-0.2, -0.15) is 0 Å². The Labute approximate surface area is 130 Å². The van der Waals surface area contributed by atoms with Gasteiger partial charge in [-0.25, -0.2) is 0 Å². The molecule has 1 amide bonds. The SMILES string of the molecule is CC(CCO)CNC(=O)c1cc2ccc(OC(F)(F)F)cc2[nH]1. The quantitative estimate of drug-likeness (QED) is 0.762. The summed E-state index contributed by atoms with van der Waals surface area (Å²) in [5.74, 6) is -0.584. The summed E-state index contributed by atoms with van der Waals surface area (Å²) in [5.41, 5.74) is 0.626. The maximum absolute atomic E-state index is 12.2. The molecule has 0 aliphatic heterocycles. The highest BCUT2D eigenvalue weighted by Crippen LogP contribution is 2.26. The number of hydrogen-bond acceptors (Lipinski definition) is 3. The Bertz CT molecular complexity index is 682. The molecule has 1 aromatic heterocycles. The van der Waals surface area contributed by atoms with Crippen LogP contribution in [0.2, 0.25) is 0 Å². The standard InChI is InChI=1S/C15H17F3N2O3/c1-9(4-5-21)8-19-14(22)13-6-10-2-3-11(7-12(10)20-13)23-15(16,17)18/h2-3,6-7,9,20-21H,4-5,8H2,1H3,(H,19,22). The zero-order chi connectivity index (χ0) is 17.0. The van der Waals surface area contributed by atoms with Crippen LogP contribution in [0.15, 0.2) is 24.3 Å². The highest BCUT2D eigenvalue weighted by Gasteiger charge is 2.31. The number of halogens is 3. The molecule has 8 heteroatoms. The number of aliphatic hydroxyl groups excluding tert-OH is 1. The van der Waals surface area contributed by atoms with E-state index in [0.717, 1.165) is 0 Å². The van der Waals surface area contributed by atoms with Crippen LogP contribution >= 0.6 is 0 Å². The van der Waals surface area contributed by atoms with E-state index in [0.29, 0.717) is 23.9 Å². The molecule has 1 atom stereocenters. The normalized spacial score (nSPS) is 13.1. The molecule has 0 radical (unpaired) electrons. The predicted molar refractivity (Wildman–Crippen MR) is 78.2 cm³/mol. The molecule has 3 N–H and O–H groups in total. The molecule has 1 aromatic carbocycles. The van der Waals surface area contributed by atoms with E-state index in [1.165, 1.54) is 18.2 Å². The Balaban J connectivity index is 2.09. The molecular weight excluding hydrogens is 313 g/mol. The van der Waals surface area contributed by atoms with E-state index in [1.54, 1.807) is 6.07 Å². The summed E-state index contributed by atoms with van der Waals surface area (Å²) < 4.78 is 40.4. The van der Waals surface area contributed by atoms with Crippen molar-refractivity contribution in [2.24, 2.45) is 5.92 Å². The number of H-pyrrole nitrogens is 1. The minimum Gasteiger partial charge on any atom is -0.406 e. The van der Waals surface area contributed by atoms with E-state index in [2.05, 4.69) is 15.0 Å². The van der Waals surface area contributed by atoms with Crippen molar-refractivity contribution in [2.75, 3.05) is 13.2 Å². The number of carbonyl (C=O) groups excluding carboxylic acids is 1. The van der Waals surface area contributed by atoms with E-state index in [4.69, 9.17) is 5.11 Å². The topological polar surface area (TPSA) is 74.3 Å². The number of nitrogens with one attached hydrogen (secondary N) is 2. The number of carbonyl (C=O) groups is 1. The van der Waals surface area contributed by atoms with Crippen molar-refractivity contribution in [3.63, 3.8) is 0 Å². The van der Waals surface area contributed by atoms with Gasteiger partial charge >= 0.3 is 6.36 Å². The fourth-order valence-electron chi connectivity index (χ4n) is 2.11. The molecule has 1 heterocycles. The number of hydrogen-bond donors (Lipinski definition) is 3. The Morgan fingerprint density at radius 1 is 1.39 bits per heavy atom. The Morgan fingerprint density at radius 3 is 2.78 bits per heavy atom. The summed E-state index contributed by atoms with van der Waals surface area (Å²) >= 11 is 0. The fourth-order valence-corrected chi connectivity index (χ4v) is 2.11. The number of fused-ring (bicyclic) bond motifs is 1. The van der Waals surface area contributed by atoms with Crippen molar-refractivity contribution in [3.8, 4) is 5.75 Å². The van der Waals surface area contributed by atoms with Gasteiger partial charge in [0.05, 0.1) is 0 Å². The van der Waals surface area contributed by atoms with Crippen LogP contribution in [0.4, 0.5) is 13.2 Å². The second-order valence-electron chi connectivity index (χ2n) is 5.31. The van der Waals surface area contributed by atoms with Gasteiger partial charge in [-0.3, -0.25) is 4.79 Å². The van der Waals surface area contributed by atoms with Gasteiger partial charge in [-0.15, -0.1) is 13.2 Å². The highest BCUT2D eigenvalue weighted by molar-refractivity contribution is 5.98. The summed E-state index contributed by atoms with van der Waals surface area (Å²) in [6, 6.07) is 5.37. The number of aromatic amines is 1. The van der Waals surface area contributed by atoms with Crippen LogP contribution < -0.4 is 10.1 Å². The average molecular weight is 330 g/mol. The first kappa shape index (κ1) is 17.1. The van der Waals surface area contributed by atoms with E-state index in [9.17, 15) is 18.0 Å². The second kappa shape index (κ2) is 6.91. The van der Waals surface area contributed by atoms with Crippen molar-refractivity contribution in [1.29, 1.82) is 0 Å². The third-order valence-electron chi connectivity index (χ3n) is 3.31.